The highest BCUT2D eigenvalue weighted by molar-refractivity contribution is 9.10. The van der Waals surface area contributed by atoms with Crippen molar-refractivity contribution in [2.45, 2.75) is 13.0 Å². The van der Waals surface area contributed by atoms with Gasteiger partial charge in [-0.1, -0.05) is 12.1 Å². The van der Waals surface area contributed by atoms with Gasteiger partial charge >= 0.3 is 0 Å². The molecule has 0 radical (unpaired) electrons. The van der Waals surface area contributed by atoms with Crippen molar-refractivity contribution in [1.82, 2.24) is 14.9 Å². The molecule has 0 fully saturated rings. The van der Waals surface area contributed by atoms with Gasteiger partial charge in [0.05, 0.1) is 28.7 Å². The lowest BCUT2D eigenvalue weighted by atomic mass is 10.1. The van der Waals surface area contributed by atoms with Crippen molar-refractivity contribution in [3.05, 3.63) is 52.3 Å². The van der Waals surface area contributed by atoms with Crippen LogP contribution in [0.1, 0.15) is 29.1 Å². The average molecular weight is 404 g/mol. The largest absolute Gasteiger partial charge is 0.503 e. The van der Waals surface area contributed by atoms with Gasteiger partial charge in [-0.15, -0.1) is 0 Å². The lowest BCUT2D eigenvalue weighted by Gasteiger charge is -2.15. The van der Waals surface area contributed by atoms with Gasteiger partial charge in [0.2, 0.25) is 0 Å². The lowest BCUT2D eigenvalue weighted by Crippen LogP contribution is -2.28. The quantitative estimate of drug-likeness (QED) is 0.698. The fourth-order valence-corrected chi connectivity index (χ4v) is 3.20. The Kier molecular flexibility index (Phi) is 4.67. The lowest BCUT2D eigenvalue weighted by molar-refractivity contribution is 0.0937. The van der Waals surface area contributed by atoms with Crippen LogP contribution >= 0.6 is 15.9 Å². The summed E-state index contributed by atoms with van der Waals surface area (Å²) in [7, 11) is 3.36. The Morgan fingerprint density at radius 3 is 2.76 bits per heavy atom. The molecule has 1 amide bonds. The number of imidazole rings is 1. The molecule has 1 atom stereocenters. The molecule has 0 aliphatic heterocycles. The van der Waals surface area contributed by atoms with E-state index in [1.54, 1.807) is 6.07 Å². The number of nitrogens with one attached hydrogen (secondary N) is 1. The molecule has 0 spiro atoms. The molecular formula is C18H18BrN3O3. The van der Waals surface area contributed by atoms with Gasteiger partial charge in [-0.25, -0.2) is 4.98 Å². The summed E-state index contributed by atoms with van der Waals surface area (Å²) >= 11 is 3.23. The van der Waals surface area contributed by atoms with Gasteiger partial charge in [-0.05, 0) is 47.1 Å². The van der Waals surface area contributed by atoms with E-state index in [2.05, 4.69) is 26.2 Å². The minimum absolute atomic E-state index is 0.0394. The smallest absolute Gasteiger partial charge is 0.252 e. The molecule has 7 heteroatoms. The average Bonchev–Trinajstić information content (AvgIpc) is 2.94. The summed E-state index contributed by atoms with van der Waals surface area (Å²) < 4.78 is 7.45. The predicted octanol–water partition coefficient (Wildman–Crippen LogP) is 3.54. The molecule has 25 heavy (non-hydrogen) atoms. The van der Waals surface area contributed by atoms with Crippen molar-refractivity contribution in [1.29, 1.82) is 0 Å². The Labute approximate surface area is 153 Å². The molecule has 0 aliphatic rings. The zero-order valence-electron chi connectivity index (χ0n) is 14.1. The molecule has 0 aliphatic carbocycles. The molecule has 1 unspecified atom stereocenters. The number of carbonyl (C=O) groups excluding carboxylic acids is 1. The van der Waals surface area contributed by atoms with E-state index >= 15 is 0 Å². The van der Waals surface area contributed by atoms with Gasteiger partial charge in [0.1, 0.15) is 5.82 Å². The summed E-state index contributed by atoms with van der Waals surface area (Å²) in [5, 5.41) is 12.8. The number of aromatic hydroxyl groups is 1. The third-order valence-electron chi connectivity index (χ3n) is 4.07. The second kappa shape index (κ2) is 6.76. The molecule has 0 saturated heterocycles. The standard InChI is InChI=1S/C18H18BrN3O3/c1-10(17-21-13-6-4-5-7-14(13)22(17)2)20-18(24)11-8-12(19)16(23)15(9-11)25-3/h4-10,23H,1-3H3,(H,20,24). The number of methoxy groups -OCH3 is 1. The highest BCUT2D eigenvalue weighted by Gasteiger charge is 2.19. The summed E-state index contributed by atoms with van der Waals surface area (Å²) in [6, 6.07) is 10.6. The number of hydrogen-bond acceptors (Lipinski definition) is 4. The third kappa shape index (κ3) is 3.19. The first-order valence-corrected chi connectivity index (χ1v) is 8.50. The van der Waals surface area contributed by atoms with Crippen LogP contribution in [0.2, 0.25) is 0 Å². The van der Waals surface area contributed by atoms with Gasteiger partial charge in [0.15, 0.2) is 11.5 Å². The first-order chi connectivity index (χ1) is 11.9. The van der Waals surface area contributed by atoms with Crippen LogP contribution < -0.4 is 10.1 Å². The van der Waals surface area contributed by atoms with Crippen LogP contribution in [0.4, 0.5) is 0 Å². The fraction of sp³-hybridized carbons (Fsp3) is 0.222. The molecule has 1 aromatic heterocycles. The van der Waals surface area contributed by atoms with E-state index < -0.39 is 0 Å². The number of phenols is 1. The van der Waals surface area contributed by atoms with E-state index in [1.165, 1.54) is 13.2 Å². The number of aryl methyl sites for hydroxylation is 1. The fourth-order valence-electron chi connectivity index (χ4n) is 2.76. The van der Waals surface area contributed by atoms with Gasteiger partial charge < -0.3 is 19.7 Å². The number of nitrogens with zero attached hydrogens (tertiary/aromatic N) is 2. The van der Waals surface area contributed by atoms with Gasteiger partial charge in [0.25, 0.3) is 5.91 Å². The van der Waals surface area contributed by atoms with Gasteiger partial charge in [0, 0.05) is 12.6 Å². The third-order valence-corrected chi connectivity index (χ3v) is 4.67. The Hall–Kier alpha value is -2.54. The number of ether oxygens (including phenoxy) is 1. The van der Waals surface area contributed by atoms with E-state index in [-0.39, 0.29) is 23.4 Å². The molecule has 130 valence electrons. The number of carbonyl (C=O) groups is 1. The summed E-state index contributed by atoms with van der Waals surface area (Å²) in [5.41, 5.74) is 2.27. The van der Waals surface area contributed by atoms with E-state index in [1.807, 2.05) is 42.8 Å². The number of aromatic nitrogens is 2. The molecule has 6 nitrogen and oxygen atoms in total. The van der Waals surface area contributed by atoms with Crippen molar-refractivity contribution >= 4 is 32.9 Å². The maximum absolute atomic E-state index is 12.6. The molecule has 0 bridgehead atoms. The van der Waals surface area contributed by atoms with Gasteiger partial charge in [-0.3, -0.25) is 4.79 Å². The molecule has 3 rings (SSSR count). The minimum Gasteiger partial charge on any atom is -0.503 e. The van der Waals surface area contributed by atoms with E-state index in [4.69, 9.17) is 4.74 Å². The van der Waals surface area contributed by atoms with Crippen molar-refractivity contribution in [3.8, 4) is 11.5 Å². The molecule has 3 aromatic rings. The number of hydrogen-bond donors (Lipinski definition) is 2. The van der Waals surface area contributed by atoms with Crippen LogP contribution in [-0.4, -0.2) is 27.7 Å². The van der Waals surface area contributed by atoms with Crippen LogP contribution in [0.25, 0.3) is 11.0 Å². The number of fused-ring (bicyclic) bond motifs is 1. The van der Waals surface area contributed by atoms with E-state index in [0.29, 0.717) is 10.0 Å². The zero-order chi connectivity index (χ0) is 18.1. The van der Waals surface area contributed by atoms with Crippen molar-refractivity contribution in [2.24, 2.45) is 7.05 Å². The van der Waals surface area contributed by atoms with Crippen LogP contribution in [0.3, 0.4) is 0 Å². The Bertz CT molecular complexity index is 952. The number of phenolic OH excluding ortho intramolecular Hbond substituents is 1. The number of benzene rings is 2. The Morgan fingerprint density at radius 1 is 1.36 bits per heavy atom. The Balaban J connectivity index is 1.87. The number of halogens is 1. The predicted molar refractivity (Wildman–Crippen MR) is 99.0 cm³/mol. The van der Waals surface area contributed by atoms with Crippen molar-refractivity contribution < 1.29 is 14.6 Å². The Morgan fingerprint density at radius 2 is 2.08 bits per heavy atom. The maximum atomic E-state index is 12.6. The number of para-hydroxylation sites is 2. The van der Waals surface area contributed by atoms with Crippen LogP contribution in [0.15, 0.2) is 40.9 Å². The van der Waals surface area contributed by atoms with Crippen LogP contribution in [0.5, 0.6) is 11.5 Å². The highest BCUT2D eigenvalue weighted by atomic mass is 79.9. The second-order valence-electron chi connectivity index (χ2n) is 5.72. The number of amides is 1. The van der Waals surface area contributed by atoms with Crippen molar-refractivity contribution in [3.63, 3.8) is 0 Å². The maximum Gasteiger partial charge on any atom is 0.252 e. The minimum atomic E-state index is -0.288. The SMILES string of the molecule is COc1cc(C(=O)NC(C)c2nc3ccccc3n2C)cc(Br)c1O. The van der Waals surface area contributed by atoms with Crippen LogP contribution in [-0.2, 0) is 7.05 Å². The van der Waals surface area contributed by atoms with E-state index in [9.17, 15) is 9.90 Å². The summed E-state index contributed by atoms with van der Waals surface area (Å²) in [4.78, 5) is 17.2. The monoisotopic (exact) mass is 403 g/mol. The van der Waals surface area contributed by atoms with Crippen LogP contribution in [0, 0.1) is 0 Å². The summed E-state index contributed by atoms with van der Waals surface area (Å²) in [6.45, 7) is 1.88. The molecule has 2 aromatic carbocycles. The second-order valence-corrected chi connectivity index (χ2v) is 6.58. The summed E-state index contributed by atoms with van der Waals surface area (Å²) in [5.74, 6) is 0.676. The van der Waals surface area contributed by atoms with E-state index in [0.717, 1.165) is 16.9 Å². The van der Waals surface area contributed by atoms with Crippen molar-refractivity contribution in [2.75, 3.05) is 7.11 Å². The molecular weight excluding hydrogens is 386 g/mol. The normalized spacial score (nSPS) is 12.2. The number of rotatable bonds is 4. The first kappa shape index (κ1) is 17.3. The molecule has 1 heterocycles. The zero-order valence-corrected chi connectivity index (χ0v) is 15.7. The van der Waals surface area contributed by atoms with Gasteiger partial charge in [-0.2, -0.15) is 0 Å². The topological polar surface area (TPSA) is 76.4 Å². The summed E-state index contributed by atoms with van der Waals surface area (Å²) in [6.07, 6.45) is 0. The molecule has 2 N–H and O–H groups in total. The highest BCUT2D eigenvalue weighted by Crippen LogP contribution is 2.35. The first-order valence-electron chi connectivity index (χ1n) is 7.71. The molecule has 0 saturated carbocycles.